The molecule has 2 rings (SSSR count). The second-order valence-electron chi connectivity index (χ2n) is 4.87. The molecule has 7 heteroatoms. The second kappa shape index (κ2) is 8.79. The highest BCUT2D eigenvalue weighted by molar-refractivity contribution is 5.85. The van der Waals surface area contributed by atoms with Crippen LogP contribution < -0.4 is 5.32 Å². The van der Waals surface area contributed by atoms with Crippen LogP contribution in [0.1, 0.15) is 30.3 Å². The van der Waals surface area contributed by atoms with E-state index in [1.54, 1.807) is 10.9 Å². The van der Waals surface area contributed by atoms with Crippen molar-refractivity contribution >= 4 is 12.4 Å². The van der Waals surface area contributed by atoms with E-state index in [4.69, 9.17) is 0 Å². The van der Waals surface area contributed by atoms with Crippen molar-refractivity contribution in [1.82, 2.24) is 24.9 Å². The molecule has 118 valence electrons. The van der Waals surface area contributed by atoms with Crippen molar-refractivity contribution in [2.75, 3.05) is 6.67 Å². The highest BCUT2D eigenvalue weighted by atomic mass is 35.5. The zero-order chi connectivity index (χ0) is 14.4. The summed E-state index contributed by atoms with van der Waals surface area (Å²) in [6.07, 6.45) is 4.98. The fraction of sp³-hybridized carbons (Fsp3) is 0.571. The van der Waals surface area contributed by atoms with Gasteiger partial charge >= 0.3 is 0 Å². The van der Waals surface area contributed by atoms with E-state index < -0.39 is 0 Å². The van der Waals surface area contributed by atoms with E-state index in [2.05, 4.69) is 28.6 Å². The highest BCUT2D eigenvalue weighted by Gasteiger charge is 2.05. The third-order valence-electron chi connectivity index (χ3n) is 3.13. The maximum Gasteiger partial charge on any atom is 0.109 e. The number of hydrogen-bond donors (Lipinski definition) is 1. The summed E-state index contributed by atoms with van der Waals surface area (Å²) in [5.74, 6) is 0. The lowest BCUT2D eigenvalue weighted by atomic mass is 10.2. The lowest BCUT2D eigenvalue weighted by molar-refractivity contribution is 0.425. The van der Waals surface area contributed by atoms with Gasteiger partial charge in [-0.05, 0) is 19.4 Å². The predicted molar refractivity (Wildman–Crippen MR) is 83.2 cm³/mol. The van der Waals surface area contributed by atoms with Gasteiger partial charge in [-0.25, -0.2) is 4.39 Å². The van der Waals surface area contributed by atoms with E-state index in [9.17, 15) is 4.39 Å². The molecule has 21 heavy (non-hydrogen) atoms. The van der Waals surface area contributed by atoms with Crippen molar-refractivity contribution < 1.29 is 4.39 Å². The summed E-state index contributed by atoms with van der Waals surface area (Å²) >= 11 is 0. The molecule has 0 saturated heterocycles. The van der Waals surface area contributed by atoms with E-state index in [0.29, 0.717) is 13.1 Å². The van der Waals surface area contributed by atoms with Gasteiger partial charge in [0, 0.05) is 37.6 Å². The summed E-state index contributed by atoms with van der Waals surface area (Å²) in [5, 5.41) is 12.1. The summed E-state index contributed by atoms with van der Waals surface area (Å²) < 4.78 is 15.8. The highest BCUT2D eigenvalue weighted by Crippen LogP contribution is 2.06. The SMILES string of the molecule is CCCn1cc(CNCc2ccn(CCF)n2)c(C)n1.Cl. The van der Waals surface area contributed by atoms with Gasteiger partial charge in [0.15, 0.2) is 0 Å². The molecule has 0 amide bonds. The lowest BCUT2D eigenvalue weighted by Gasteiger charge is -2.01. The molecule has 0 radical (unpaired) electrons. The molecule has 1 N–H and O–H groups in total. The van der Waals surface area contributed by atoms with Crippen LogP contribution in [0.25, 0.3) is 0 Å². The Labute approximate surface area is 130 Å². The third-order valence-corrected chi connectivity index (χ3v) is 3.13. The molecule has 5 nitrogen and oxygen atoms in total. The van der Waals surface area contributed by atoms with Crippen LogP contribution in [-0.4, -0.2) is 26.2 Å². The van der Waals surface area contributed by atoms with Crippen molar-refractivity contribution in [2.24, 2.45) is 0 Å². The molecule has 0 bridgehead atoms. The first kappa shape index (κ1) is 17.7. The number of rotatable bonds is 8. The summed E-state index contributed by atoms with van der Waals surface area (Å²) in [4.78, 5) is 0. The van der Waals surface area contributed by atoms with Gasteiger partial charge < -0.3 is 5.32 Å². The fourth-order valence-electron chi connectivity index (χ4n) is 2.11. The number of aryl methyl sites for hydroxylation is 3. The molecule has 2 aromatic heterocycles. The van der Waals surface area contributed by atoms with E-state index in [-0.39, 0.29) is 19.1 Å². The van der Waals surface area contributed by atoms with Crippen LogP contribution in [0.5, 0.6) is 0 Å². The number of halogens is 2. The molecule has 0 aliphatic heterocycles. The van der Waals surface area contributed by atoms with Gasteiger partial charge in [0.25, 0.3) is 0 Å². The van der Waals surface area contributed by atoms with Crippen LogP contribution in [0, 0.1) is 6.92 Å². The van der Waals surface area contributed by atoms with Crippen LogP contribution in [0.3, 0.4) is 0 Å². The molecule has 0 unspecified atom stereocenters. The van der Waals surface area contributed by atoms with Gasteiger partial charge in [0.2, 0.25) is 0 Å². The first-order valence-corrected chi connectivity index (χ1v) is 7.05. The van der Waals surface area contributed by atoms with Gasteiger partial charge in [0.05, 0.1) is 17.9 Å². The minimum atomic E-state index is -0.385. The van der Waals surface area contributed by atoms with Gasteiger partial charge in [-0.15, -0.1) is 12.4 Å². The van der Waals surface area contributed by atoms with Crippen LogP contribution in [0.4, 0.5) is 4.39 Å². The number of hydrogen-bond acceptors (Lipinski definition) is 3. The predicted octanol–water partition coefficient (Wildman–Crippen LogP) is 2.48. The number of aromatic nitrogens is 4. The summed E-state index contributed by atoms with van der Waals surface area (Å²) in [6.45, 7) is 6.51. The van der Waals surface area contributed by atoms with Crippen molar-refractivity contribution in [2.45, 2.75) is 46.4 Å². The maximum absolute atomic E-state index is 12.2. The molecule has 0 atom stereocenters. The third kappa shape index (κ3) is 5.13. The van der Waals surface area contributed by atoms with Crippen LogP contribution in [0.2, 0.25) is 0 Å². The summed E-state index contributed by atoms with van der Waals surface area (Å²) in [7, 11) is 0. The number of nitrogens with zero attached hydrogens (tertiary/aromatic N) is 4. The van der Waals surface area contributed by atoms with Crippen molar-refractivity contribution in [3.8, 4) is 0 Å². The zero-order valence-electron chi connectivity index (χ0n) is 12.5. The Kier molecular flexibility index (Phi) is 7.39. The smallest absolute Gasteiger partial charge is 0.109 e. The Hall–Kier alpha value is -1.40. The number of nitrogens with one attached hydrogen (secondary N) is 1. The average molecular weight is 316 g/mol. The Balaban J connectivity index is 0.00000220. The molecule has 2 heterocycles. The molecular formula is C14H23ClFN5. The van der Waals surface area contributed by atoms with Gasteiger partial charge in [-0.1, -0.05) is 6.92 Å². The Morgan fingerprint density at radius 1 is 1.19 bits per heavy atom. The molecule has 0 fully saturated rings. The fourth-order valence-corrected chi connectivity index (χ4v) is 2.11. The quantitative estimate of drug-likeness (QED) is 0.814. The topological polar surface area (TPSA) is 47.7 Å². The average Bonchev–Trinajstić information content (AvgIpc) is 2.99. The van der Waals surface area contributed by atoms with Crippen LogP contribution >= 0.6 is 12.4 Å². The van der Waals surface area contributed by atoms with E-state index in [1.807, 2.05) is 17.7 Å². The van der Waals surface area contributed by atoms with E-state index in [0.717, 1.165) is 30.9 Å². The van der Waals surface area contributed by atoms with Crippen LogP contribution in [0.15, 0.2) is 18.5 Å². The molecule has 2 aromatic rings. The standard InChI is InChI=1S/C14H22FN5.ClH/c1-3-6-20-11-13(12(2)17-20)9-16-10-14-4-7-19(18-14)8-5-15;/h4,7,11,16H,3,5-6,8-10H2,1-2H3;1H. The van der Waals surface area contributed by atoms with Crippen LogP contribution in [-0.2, 0) is 26.2 Å². The molecule has 0 saturated carbocycles. The Bertz CT molecular complexity index is 537. The van der Waals surface area contributed by atoms with Gasteiger partial charge in [-0.3, -0.25) is 9.36 Å². The van der Waals surface area contributed by atoms with Gasteiger partial charge in [-0.2, -0.15) is 10.2 Å². The molecule has 0 aliphatic carbocycles. The second-order valence-corrected chi connectivity index (χ2v) is 4.87. The summed E-state index contributed by atoms with van der Waals surface area (Å²) in [6, 6.07) is 1.91. The molecule has 0 spiro atoms. The lowest BCUT2D eigenvalue weighted by Crippen LogP contribution is -2.14. The Morgan fingerprint density at radius 3 is 2.71 bits per heavy atom. The van der Waals surface area contributed by atoms with E-state index in [1.165, 1.54) is 5.56 Å². The van der Waals surface area contributed by atoms with Gasteiger partial charge in [0.1, 0.15) is 6.67 Å². The minimum absolute atomic E-state index is 0. The first-order valence-electron chi connectivity index (χ1n) is 7.05. The summed E-state index contributed by atoms with van der Waals surface area (Å²) in [5.41, 5.74) is 3.20. The molecular weight excluding hydrogens is 293 g/mol. The van der Waals surface area contributed by atoms with E-state index >= 15 is 0 Å². The largest absolute Gasteiger partial charge is 0.307 e. The first-order chi connectivity index (χ1) is 9.72. The maximum atomic E-state index is 12.2. The molecule has 0 aliphatic rings. The monoisotopic (exact) mass is 315 g/mol. The zero-order valence-corrected chi connectivity index (χ0v) is 13.4. The van der Waals surface area contributed by atoms with Crippen molar-refractivity contribution in [1.29, 1.82) is 0 Å². The van der Waals surface area contributed by atoms with Crippen molar-refractivity contribution in [3.05, 3.63) is 35.4 Å². The molecule has 0 aromatic carbocycles. The minimum Gasteiger partial charge on any atom is -0.307 e. The van der Waals surface area contributed by atoms with Crippen molar-refractivity contribution in [3.63, 3.8) is 0 Å². The number of alkyl halides is 1. The Morgan fingerprint density at radius 2 is 2.00 bits per heavy atom. The normalized spacial score (nSPS) is 10.6.